The molecular formula is C20H27NO11. The van der Waals surface area contributed by atoms with E-state index in [2.05, 4.69) is 5.32 Å². The van der Waals surface area contributed by atoms with Gasteiger partial charge in [0.15, 0.2) is 23.0 Å². The van der Waals surface area contributed by atoms with Gasteiger partial charge in [-0.3, -0.25) is 0 Å². The van der Waals surface area contributed by atoms with Crippen LogP contribution in [0.15, 0.2) is 0 Å². The lowest BCUT2D eigenvalue weighted by Gasteiger charge is -2.18. The monoisotopic (exact) mass is 457 g/mol. The van der Waals surface area contributed by atoms with Gasteiger partial charge in [0.25, 0.3) is 0 Å². The van der Waals surface area contributed by atoms with Crippen molar-refractivity contribution in [3.05, 3.63) is 11.1 Å². The zero-order chi connectivity index (χ0) is 24.2. The highest BCUT2D eigenvalue weighted by Crippen LogP contribution is 2.52. The van der Waals surface area contributed by atoms with Crippen LogP contribution in [0.1, 0.15) is 11.1 Å². The van der Waals surface area contributed by atoms with Crippen molar-refractivity contribution in [1.82, 2.24) is 5.32 Å². The van der Waals surface area contributed by atoms with Crippen LogP contribution >= 0.6 is 0 Å². The Morgan fingerprint density at radius 2 is 1.28 bits per heavy atom. The molecule has 32 heavy (non-hydrogen) atoms. The minimum absolute atomic E-state index is 0.00304. The van der Waals surface area contributed by atoms with Crippen molar-refractivity contribution in [2.45, 2.75) is 19.4 Å². The van der Waals surface area contributed by atoms with Gasteiger partial charge in [-0.05, 0) is 19.9 Å². The predicted molar refractivity (Wildman–Crippen MR) is 110 cm³/mol. The molecular weight excluding hydrogens is 430 g/mol. The van der Waals surface area contributed by atoms with E-state index in [4.69, 9.17) is 14.2 Å². The summed E-state index contributed by atoms with van der Waals surface area (Å²) in [7, 11) is 2.50. The van der Waals surface area contributed by atoms with Crippen LogP contribution in [-0.2, 0) is 6.42 Å². The molecule has 9 N–H and O–H groups in total. The fourth-order valence-electron chi connectivity index (χ4n) is 2.98. The van der Waals surface area contributed by atoms with E-state index in [1.807, 2.05) is 0 Å². The van der Waals surface area contributed by atoms with Crippen molar-refractivity contribution in [2.24, 2.45) is 0 Å². The highest BCUT2D eigenvalue weighted by Gasteiger charge is 2.25. The topological polar surface area (TPSA) is 202 Å². The number of ether oxygens (including phenoxy) is 3. The van der Waals surface area contributed by atoms with Gasteiger partial charge in [0.2, 0.25) is 34.5 Å². The van der Waals surface area contributed by atoms with Crippen LogP contribution in [0.4, 0.5) is 0 Å². The molecule has 1 unspecified atom stereocenters. The molecule has 2 aromatic carbocycles. The number of methoxy groups -OCH3 is 2. The van der Waals surface area contributed by atoms with Crippen LogP contribution in [0.5, 0.6) is 57.5 Å². The molecule has 1 atom stereocenters. The molecule has 0 spiro atoms. The van der Waals surface area contributed by atoms with E-state index in [0.717, 1.165) is 0 Å². The summed E-state index contributed by atoms with van der Waals surface area (Å²) in [5, 5.41) is 82.3. The van der Waals surface area contributed by atoms with Gasteiger partial charge in [0.1, 0.15) is 12.7 Å². The minimum Gasteiger partial charge on any atom is -0.504 e. The first-order valence-electron chi connectivity index (χ1n) is 9.42. The highest BCUT2D eigenvalue weighted by molar-refractivity contribution is 5.69. The largest absolute Gasteiger partial charge is 0.504 e. The molecule has 0 aliphatic carbocycles. The number of phenolic OH excluding ortho intramolecular Hbond substituents is 7. The maximum absolute atomic E-state index is 10.3. The van der Waals surface area contributed by atoms with Crippen molar-refractivity contribution in [2.75, 3.05) is 33.9 Å². The van der Waals surface area contributed by atoms with Crippen LogP contribution in [0, 0.1) is 6.92 Å². The SMILES string of the molecule is COc1c(O)c(O)c(CCNCC(O)COc2c(O)c(C)c(O)c(O)c2O)c(O)c1OC. The number of aromatic hydroxyl groups is 7. The van der Waals surface area contributed by atoms with Gasteiger partial charge in [-0.1, -0.05) is 0 Å². The molecule has 0 fully saturated rings. The van der Waals surface area contributed by atoms with Crippen LogP contribution in [0.3, 0.4) is 0 Å². The van der Waals surface area contributed by atoms with Crippen molar-refractivity contribution >= 4 is 0 Å². The first kappa shape index (κ1) is 24.6. The molecule has 0 aliphatic heterocycles. The molecule has 12 heteroatoms. The Bertz CT molecular complexity index is 948. The third-order valence-corrected chi connectivity index (χ3v) is 4.78. The number of phenols is 7. The first-order chi connectivity index (χ1) is 15.1. The molecule has 0 saturated carbocycles. The summed E-state index contributed by atoms with van der Waals surface area (Å²) in [5.74, 6) is -5.42. The Morgan fingerprint density at radius 3 is 1.88 bits per heavy atom. The number of benzene rings is 2. The average molecular weight is 457 g/mol. The number of hydrogen-bond acceptors (Lipinski definition) is 12. The van der Waals surface area contributed by atoms with Gasteiger partial charge in [-0.15, -0.1) is 0 Å². The smallest absolute Gasteiger partial charge is 0.211 e. The average Bonchev–Trinajstić information content (AvgIpc) is 2.77. The molecule has 0 saturated heterocycles. The predicted octanol–water partition coefficient (Wildman–Crippen LogP) is 0.523. The van der Waals surface area contributed by atoms with Gasteiger partial charge in [-0.25, -0.2) is 0 Å². The van der Waals surface area contributed by atoms with Gasteiger partial charge in [0, 0.05) is 17.7 Å². The summed E-state index contributed by atoms with van der Waals surface area (Å²) in [5.41, 5.74) is -0.107. The molecule has 178 valence electrons. The molecule has 0 aliphatic rings. The number of nitrogens with one attached hydrogen (secondary N) is 1. The number of aliphatic hydroxyl groups is 1. The van der Waals surface area contributed by atoms with Gasteiger partial charge < -0.3 is 60.4 Å². The Kier molecular flexibility index (Phi) is 7.78. The molecule has 0 heterocycles. The van der Waals surface area contributed by atoms with Crippen LogP contribution in [0.2, 0.25) is 0 Å². The van der Waals surface area contributed by atoms with Gasteiger partial charge in [0.05, 0.1) is 14.2 Å². The zero-order valence-electron chi connectivity index (χ0n) is 17.7. The number of hydrogen-bond donors (Lipinski definition) is 9. The highest BCUT2D eigenvalue weighted by atomic mass is 16.5. The molecule has 0 bridgehead atoms. The summed E-state index contributed by atoms with van der Waals surface area (Å²) >= 11 is 0. The minimum atomic E-state index is -1.12. The molecule has 2 rings (SSSR count). The third-order valence-electron chi connectivity index (χ3n) is 4.78. The first-order valence-corrected chi connectivity index (χ1v) is 9.42. The van der Waals surface area contributed by atoms with Gasteiger partial charge in [-0.2, -0.15) is 0 Å². The molecule has 0 aromatic heterocycles. The maximum atomic E-state index is 10.3. The van der Waals surface area contributed by atoms with Crippen molar-refractivity contribution in [3.63, 3.8) is 0 Å². The third kappa shape index (κ3) is 4.65. The summed E-state index contributed by atoms with van der Waals surface area (Å²) in [6.07, 6.45) is -1.07. The fraction of sp³-hybridized carbons (Fsp3) is 0.400. The lowest BCUT2D eigenvalue weighted by atomic mass is 10.1. The van der Waals surface area contributed by atoms with Crippen LogP contribution < -0.4 is 19.5 Å². The summed E-state index contributed by atoms with van der Waals surface area (Å²) in [6.45, 7) is 1.05. The van der Waals surface area contributed by atoms with E-state index in [0.29, 0.717) is 0 Å². The maximum Gasteiger partial charge on any atom is 0.211 e. The lowest BCUT2D eigenvalue weighted by molar-refractivity contribution is 0.103. The number of rotatable bonds is 10. The van der Waals surface area contributed by atoms with Crippen molar-refractivity contribution < 1.29 is 55.1 Å². The normalized spacial score (nSPS) is 11.9. The second-order valence-electron chi connectivity index (χ2n) is 6.86. The van der Waals surface area contributed by atoms with E-state index in [1.54, 1.807) is 0 Å². The van der Waals surface area contributed by atoms with Crippen molar-refractivity contribution in [3.8, 4) is 57.5 Å². The Morgan fingerprint density at radius 1 is 0.719 bits per heavy atom. The summed E-state index contributed by atoms with van der Waals surface area (Å²) in [6, 6.07) is 0. The second kappa shape index (κ2) is 10.1. The molecule has 12 nitrogen and oxygen atoms in total. The summed E-state index contributed by atoms with van der Waals surface area (Å²) in [4.78, 5) is 0. The quantitative estimate of drug-likeness (QED) is 0.136. The Balaban J connectivity index is 1.96. The van der Waals surface area contributed by atoms with E-state index >= 15 is 0 Å². The van der Waals surface area contributed by atoms with Gasteiger partial charge >= 0.3 is 0 Å². The Labute approximate surface area is 183 Å². The number of aliphatic hydroxyl groups excluding tert-OH is 1. The standard InChI is InChI=1S/C20H27NO11/c1-8-11(23)15(27)17(29)18(12(8)24)32-7-9(22)6-21-5-4-10-13(25)16(28)20(31-3)19(30-2)14(10)26/h9,21-29H,4-7H2,1-3H3. The van der Waals surface area contributed by atoms with E-state index in [9.17, 15) is 40.9 Å². The van der Waals surface area contributed by atoms with Crippen LogP contribution in [-0.4, -0.2) is 80.9 Å². The van der Waals surface area contributed by atoms with Crippen LogP contribution in [0.25, 0.3) is 0 Å². The molecule has 0 amide bonds. The second-order valence-corrected chi connectivity index (χ2v) is 6.86. The Hall–Kier alpha value is -3.64. The van der Waals surface area contributed by atoms with E-state index < -0.39 is 52.1 Å². The van der Waals surface area contributed by atoms with E-state index in [-0.39, 0.29) is 48.7 Å². The molecule has 0 radical (unpaired) electrons. The lowest BCUT2D eigenvalue weighted by Crippen LogP contribution is -2.32. The zero-order valence-corrected chi connectivity index (χ0v) is 17.7. The fourth-order valence-corrected chi connectivity index (χ4v) is 2.98. The van der Waals surface area contributed by atoms with Crippen molar-refractivity contribution in [1.29, 1.82) is 0 Å². The summed E-state index contributed by atoms with van der Waals surface area (Å²) < 4.78 is 15.1. The molecule has 2 aromatic rings. The van der Waals surface area contributed by atoms with E-state index in [1.165, 1.54) is 21.1 Å².